The average Bonchev–Trinajstić information content (AvgIpc) is 0.917. The number of hydrogen-bond acceptors (Lipinski definition) is 15. The number of hydrogen-bond donors (Lipinski definition) is 3. The lowest BCUT2D eigenvalue weighted by Gasteiger charge is -2.21. The molecule has 3 unspecified atom stereocenters. The molecule has 0 heterocycles. The fraction of sp³-hybridized carbons (Fsp3) is 0.953. The number of ether oxygens (including phenoxy) is 4. The summed E-state index contributed by atoms with van der Waals surface area (Å²) in [6, 6.07) is 0. The molecule has 3 N–H and O–H groups in total. The number of esters is 4. The van der Waals surface area contributed by atoms with Gasteiger partial charge in [0.1, 0.15) is 19.3 Å². The van der Waals surface area contributed by atoms with Crippen LogP contribution in [0.5, 0.6) is 0 Å². The van der Waals surface area contributed by atoms with Gasteiger partial charge < -0.3 is 33.8 Å². The van der Waals surface area contributed by atoms with E-state index in [2.05, 4.69) is 41.5 Å². The van der Waals surface area contributed by atoms with Crippen LogP contribution in [0.15, 0.2) is 0 Å². The number of rotatable bonds is 84. The first kappa shape index (κ1) is 102. The molecule has 0 saturated carbocycles. The van der Waals surface area contributed by atoms with E-state index in [1.807, 2.05) is 0 Å². The second-order valence-corrected chi connectivity index (χ2v) is 34.2. The van der Waals surface area contributed by atoms with Crippen molar-refractivity contribution in [1.29, 1.82) is 0 Å². The quantitative estimate of drug-likeness (QED) is 0.0222. The van der Waals surface area contributed by atoms with Crippen LogP contribution in [0.25, 0.3) is 0 Å². The van der Waals surface area contributed by atoms with Crippen molar-refractivity contribution in [3.05, 3.63) is 0 Å². The van der Waals surface area contributed by atoms with Gasteiger partial charge in [-0.05, 0) is 37.5 Å². The standard InChI is InChI=1S/C85H166O17P2/c1-7-10-12-14-16-18-20-21-22-23-24-25-26-27-28-29-34-38-45-51-57-63-69-84(89)101-80(74-96-83(88)68-62-56-50-44-37-33-31-30-32-36-41-47-53-59-65-77(4)5)75-99-103(91,92)97-71-79(86)72-98-104(93,94)100-76-81(73-95-82(87)67-61-55-49-43-35-19-17-15-13-11-8-2)102-85(90)70-64-58-52-46-40-39-42-48-54-60-66-78(6)9-3/h77-81,86H,7-76H2,1-6H3,(H,91,92)(H,93,94)/t78?,79-,80-,81-/m1/s1. The van der Waals surface area contributed by atoms with Gasteiger partial charge in [-0.2, -0.15) is 0 Å². The van der Waals surface area contributed by atoms with Gasteiger partial charge >= 0.3 is 39.5 Å². The minimum atomic E-state index is -4.97. The Hall–Kier alpha value is -1.94. The Labute approximate surface area is 638 Å². The molecule has 0 aliphatic carbocycles. The van der Waals surface area contributed by atoms with Gasteiger partial charge in [0.2, 0.25) is 0 Å². The molecule has 0 fully saturated rings. The Morgan fingerprint density at radius 3 is 0.731 bits per heavy atom. The Balaban J connectivity index is 5.23. The lowest BCUT2D eigenvalue weighted by Crippen LogP contribution is -2.30. The minimum Gasteiger partial charge on any atom is -0.462 e. The molecule has 0 aliphatic rings. The third-order valence-corrected chi connectivity index (χ3v) is 22.2. The number of phosphoric acid groups is 2. The van der Waals surface area contributed by atoms with Crippen molar-refractivity contribution in [2.75, 3.05) is 39.6 Å². The topological polar surface area (TPSA) is 237 Å². The van der Waals surface area contributed by atoms with Gasteiger partial charge in [-0.1, -0.05) is 401 Å². The highest BCUT2D eigenvalue weighted by Crippen LogP contribution is 2.45. The predicted octanol–water partition coefficient (Wildman–Crippen LogP) is 25.8. The summed E-state index contributed by atoms with van der Waals surface area (Å²) >= 11 is 0. The first-order chi connectivity index (χ1) is 50.4. The number of phosphoric ester groups is 2. The third-order valence-electron chi connectivity index (χ3n) is 20.3. The zero-order chi connectivity index (χ0) is 76.4. The van der Waals surface area contributed by atoms with Gasteiger partial charge in [0, 0.05) is 25.7 Å². The van der Waals surface area contributed by atoms with E-state index in [4.69, 9.17) is 37.0 Å². The molecule has 0 rings (SSSR count). The summed E-state index contributed by atoms with van der Waals surface area (Å²) in [5.74, 6) is -0.502. The molecule has 0 aromatic carbocycles. The van der Waals surface area contributed by atoms with Gasteiger partial charge in [-0.3, -0.25) is 37.3 Å². The second kappa shape index (κ2) is 76.4. The maximum Gasteiger partial charge on any atom is 0.472 e. The summed E-state index contributed by atoms with van der Waals surface area (Å²) in [4.78, 5) is 73.2. The van der Waals surface area contributed by atoms with Crippen molar-refractivity contribution < 1.29 is 80.2 Å². The van der Waals surface area contributed by atoms with Crippen molar-refractivity contribution in [3.8, 4) is 0 Å². The molecule has 0 aromatic rings. The lowest BCUT2D eigenvalue weighted by atomic mass is 9.99. The van der Waals surface area contributed by atoms with Crippen LogP contribution in [-0.4, -0.2) is 96.7 Å². The SMILES string of the molecule is CCCCCCCCCCCCCCCCCCCCCCCCC(=O)O[C@H](COC(=O)CCCCCCCCCCCCCCCCC(C)C)COP(=O)(O)OC[C@@H](O)COP(=O)(O)OC[C@@H](COC(=O)CCCCCCCCCCCCC)OC(=O)CCCCCCCCCCCCC(C)CC. The van der Waals surface area contributed by atoms with E-state index in [0.717, 1.165) is 102 Å². The van der Waals surface area contributed by atoms with E-state index in [0.29, 0.717) is 25.7 Å². The highest BCUT2D eigenvalue weighted by atomic mass is 31.2. The molecule has 104 heavy (non-hydrogen) atoms. The number of carbonyl (C=O) groups excluding carboxylic acids is 4. The number of aliphatic hydroxyl groups excluding tert-OH is 1. The normalized spacial score (nSPS) is 14.1. The molecule has 19 heteroatoms. The van der Waals surface area contributed by atoms with Gasteiger partial charge in [-0.25, -0.2) is 9.13 Å². The van der Waals surface area contributed by atoms with E-state index in [1.54, 1.807) is 0 Å². The number of aliphatic hydroxyl groups is 1. The van der Waals surface area contributed by atoms with Crippen molar-refractivity contribution in [2.45, 2.75) is 471 Å². The molecule has 6 atom stereocenters. The summed E-state index contributed by atoms with van der Waals surface area (Å²) in [5, 5.41) is 10.7. The van der Waals surface area contributed by atoms with Gasteiger partial charge in [0.05, 0.1) is 26.4 Å². The van der Waals surface area contributed by atoms with Crippen LogP contribution in [0.4, 0.5) is 0 Å². The summed E-state index contributed by atoms with van der Waals surface area (Å²) in [5.41, 5.74) is 0. The molecule has 0 amide bonds. The number of unbranched alkanes of at least 4 members (excludes halogenated alkanes) is 53. The van der Waals surface area contributed by atoms with Crippen LogP contribution in [-0.2, 0) is 65.4 Å². The fourth-order valence-electron chi connectivity index (χ4n) is 13.2. The van der Waals surface area contributed by atoms with E-state index >= 15 is 0 Å². The monoisotopic (exact) mass is 1520 g/mol. The highest BCUT2D eigenvalue weighted by Gasteiger charge is 2.30. The van der Waals surface area contributed by atoms with Crippen molar-refractivity contribution in [2.24, 2.45) is 11.8 Å². The molecule has 618 valence electrons. The van der Waals surface area contributed by atoms with Crippen molar-refractivity contribution in [3.63, 3.8) is 0 Å². The van der Waals surface area contributed by atoms with E-state index < -0.39 is 97.5 Å². The lowest BCUT2D eigenvalue weighted by molar-refractivity contribution is -0.161. The summed E-state index contributed by atoms with van der Waals surface area (Å²) < 4.78 is 68.9. The molecule has 0 aromatic heterocycles. The largest absolute Gasteiger partial charge is 0.472 e. The van der Waals surface area contributed by atoms with Gasteiger partial charge in [-0.15, -0.1) is 0 Å². The number of carbonyl (C=O) groups is 4. The Morgan fingerprint density at radius 2 is 0.490 bits per heavy atom. The van der Waals surface area contributed by atoms with Crippen LogP contribution in [0.1, 0.15) is 452 Å². The summed E-state index contributed by atoms with van der Waals surface area (Å²) in [6.07, 6.45) is 68.0. The molecule has 17 nitrogen and oxygen atoms in total. The maximum atomic E-state index is 13.1. The molecular weight excluding hydrogens is 1350 g/mol. The average molecular weight is 1520 g/mol. The van der Waals surface area contributed by atoms with Gasteiger partial charge in [0.15, 0.2) is 12.2 Å². The maximum absolute atomic E-state index is 13.1. The van der Waals surface area contributed by atoms with Gasteiger partial charge in [0.25, 0.3) is 0 Å². The van der Waals surface area contributed by atoms with Crippen molar-refractivity contribution >= 4 is 39.5 Å². The molecule has 0 bridgehead atoms. The molecular formula is C85H166O17P2. The van der Waals surface area contributed by atoms with E-state index in [9.17, 15) is 43.2 Å². The van der Waals surface area contributed by atoms with E-state index in [-0.39, 0.29) is 25.7 Å². The summed E-state index contributed by atoms with van der Waals surface area (Å²) in [6.45, 7) is 9.70. The molecule has 0 aliphatic heterocycles. The summed E-state index contributed by atoms with van der Waals surface area (Å²) in [7, 11) is -9.93. The van der Waals surface area contributed by atoms with Crippen LogP contribution in [0, 0.1) is 11.8 Å². The Morgan fingerprint density at radius 1 is 0.279 bits per heavy atom. The zero-order valence-electron chi connectivity index (χ0n) is 68.3. The molecule has 0 spiro atoms. The fourth-order valence-corrected chi connectivity index (χ4v) is 14.8. The smallest absolute Gasteiger partial charge is 0.462 e. The predicted molar refractivity (Wildman–Crippen MR) is 428 cm³/mol. The molecule has 0 saturated heterocycles. The van der Waals surface area contributed by atoms with Crippen LogP contribution < -0.4 is 0 Å². The van der Waals surface area contributed by atoms with Crippen molar-refractivity contribution in [1.82, 2.24) is 0 Å². The van der Waals surface area contributed by atoms with E-state index in [1.165, 1.54) is 270 Å². The van der Waals surface area contributed by atoms with Crippen LogP contribution in [0.3, 0.4) is 0 Å². The Kier molecular flexibility index (Phi) is 75.0. The minimum absolute atomic E-state index is 0.107. The highest BCUT2D eigenvalue weighted by molar-refractivity contribution is 7.47. The van der Waals surface area contributed by atoms with Crippen LogP contribution in [0.2, 0.25) is 0 Å². The molecule has 0 radical (unpaired) electrons. The first-order valence-electron chi connectivity index (χ1n) is 44.0. The second-order valence-electron chi connectivity index (χ2n) is 31.3. The zero-order valence-corrected chi connectivity index (χ0v) is 70.1. The first-order valence-corrected chi connectivity index (χ1v) is 47.0. The third kappa shape index (κ3) is 76.8. The Bertz CT molecular complexity index is 2000. The van der Waals surface area contributed by atoms with Crippen LogP contribution >= 0.6 is 15.6 Å².